The Morgan fingerprint density at radius 3 is 2.31 bits per heavy atom. The second kappa shape index (κ2) is 3.08. The van der Waals surface area contributed by atoms with Crippen molar-refractivity contribution in [2.75, 3.05) is 0 Å². The van der Waals surface area contributed by atoms with E-state index in [1.54, 1.807) is 0 Å². The van der Waals surface area contributed by atoms with Crippen LogP contribution in [0, 0.1) is 0 Å². The molecule has 1 fully saturated rings. The van der Waals surface area contributed by atoms with Crippen molar-refractivity contribution in [1.82, 2.24) is 0 Å². The van der Waals surface area contributed by atoms with Gasteiger partial charge in [-0.05, 0) is 30.5 Å². The third-order valence-electron chi connectivity index (χ3n) is 2.58. The Morgan fingerprint density at radius 1 is 1.31 bits per heavy atom. The molecule has 0 radical (unpaired) electrons. The van der Waals surface area contributed by atoms with Crippen molar-refractivity contribution < 1.29 is 5.11 Å². The molecule has 2 nitrogen and oxygen atoms in total. The van der Waals surface area contributed by atoms with E-state index in [-0.39, 0.29) is 6.04 Å². The molecule has 1 aromatic rings. The van der Waals surface area contributed by atoms with Crippen LogP contribution in [0.2, 0.25) is 0 Å². The van der Waals surface area contributed by atoms with Crippen LogP contribution in [0.4, 0.5) is 0 Å². The molecule has 0 unspecified atom stereocenters. The molecule has 1 aliphatic rings. The first-order valence-corrected chi connectivity index (χ1v) is 5.13. The molecule has 0 bridgehead atoms. The van der Waals surface area contributed by atoms with Crippen LogP contribution < -0.4 is 5.73 Å². The minimum atomic E-state index is -0.667. The van der Waals surface area contributed by atoms with Gasteiger partial charge in [0.15, 0.2) is 0 Å². The largest absolute Gasteiger partial charge is 0.385 e. The molecule has 0 atom stereocenters. The fourth-order valence-electron chi connectivity index (χ4n) is 1.80. The van der Waals surface area contributed by atoms with Crippen molar-refractivity contribution in [3.8, 4) is 0 Å². The monoisotopic (exact) mass is 241 g/mol. The van der Waals surface area contributed by atoms with Crippen LogP contribution in [0.25, 0.3) is 0 Å². The van der Waals surface area contributed by atoms with Crippen LogP contribution in [0.3, 0.4) is 0 Å². The number of nitrogens with two attached hydrogens (primary N) is 1. The van der Waals surface area contributed by atoms with E-state index < -0.39 is 5.60 Å². The molecule has 0 aromatic heterocycles. The Balaban J connectivity index is 2.22. The third kappa shape index (κ3) is 1.64. The van der Waals surface area contributed by atoms with Gasteiger partial charge in [0.2, 0.25) is 0 Å². The van der Waals surface area contributed by atoms with Crippen molar-refractivity contribution in [2.24, 2.45) is 5.73 Å². The quantitative estimate of drug-likeness (QED) is 0.788. The molecule has 0 heterocycles. The molecular weight excluding hydrogens is 230 g/mol. The zero-order valence-electron chi connectivity index (χ0n) is 7.20. The normalized spacial score (nSPS) is 32.7. The zero-order chi connectivity index (χ0) is 9.47. The second-order valence-corrected chi connectivity index (χ2v) is 4.62. The molecule has 1 aliphatic carbocycles. The molecule has 70 valence electrons. The Hall–Kier alpha value is -0.380. The molecular formula is C10H12BrNO. The predicted molar refractivity (Wildman–Crippen MR) is 55.2 cm³/mol. The summed E-state index contributed by atoms with van der Waals surface area (Å²) in [6.07, 6.45) is 1.35. The highest BCUT2D eigenvalue weighted by molar-refractivity contribution is 9.10. The van der Waals surface area contributed by atoms with Crippen LogP contribution in [-0.4, -0.2) is 11.1 Å². The number of halogens is 1. The number of rotatable bonds is 1. The standard InChI is InChI=1S/C10H12BrNO/c11-8-3-1-7(2-4-8)10(13)5-9(12)6-10/h1-4,9,13H,5-6,12H2/t9-,10-. The van der Waals surface area contributed by atoms with Crippen LogP contribution >= 0.6 is 15.9 Å². The predicted octanol–water partition coefficient (Wildman–Crippen LogP) is 1.76. The van der Waals surface area contributed by atoms with Gasteiger partial charge in [-0.25, -0.2) is 0 Å². The highest BCUT2D eigenvalue weighted by atomic mass is 79.9. The van der Waals surface area contributed by atoms with Gasteiger partial charge in [-0.15, -0.1) is 0 Å². The van der Waals surface area contributed by atoms with E-state index in [2.05, 4.69) is 15.9 Å². The van der Waals surface area contributed by atoms with E-state index in [9.17, 15) is 5.11 Å². The molecule has 13 heavy (non-hydrogen) atoms. The molecule has 1 aromatic carbocycles. The first-order chi connectivity index (χ1) is 6.10. The van der Waals surface area contributed by atoms with Gasteiger partial charge in [-0.1, -0.05) is 28.1 Å². The lowest BCUT2D eigenvalue weighted by molar-refractivity contribution is -0.0522. The summed E-state index contributed by atoms with van der Waals surface area (Å²) in [4.78, 5) is 0. The molecule has 2 rings (SSSR count). The lowest BCUT2D eigenvalue weighted by atomic mass is 9.72. The maximum absolute atomic E-state index is 10.0. The van der Waals surface area contributed by atoms with Gasteiger partial charge >= 0.3 is 0 Å². The highest BCUT2D eigenvalue weighted by Crippen LogP contribution is 2.40. The van der Waals surface area contributed by atoms with Crippen LogP contribution in [0.1, 0.15) is 18.4 Å². The Morgan fingerprint density at radius 2 is 1.85 bits per heavy atom. The van der Waals surface area contributed by atoms with E-state index in [0.29, 0.717) is 12.8 Å². The molecule has 3 heteroatoms. The van der Waals surface area contributed by atoms with Gasteiger partial charge in [-0.3, -0.25) is 0 Å². The Labute approximate surface area is 85.9 Å². The second-order valence-electron chi connectivity index (χ2n) is 3.71. The minimum Gasteiger partial charge on any atom is -0.385 e. The lowest BCUT2D eigenvalue weighted by Gasteiger charge is -2.42. The van der Waals surface area contributed by atoms with Crippen molar-refractivity contribution in [1.29, 1.82) is 0 Å². The number of benzene rings is 1. The van der Waals surface area contributed by atoms with Crippen molar-refractivity contribution in [3.05, 3.63) is 34.3 Å². The summed E-state index contributed by atoms with van der Waals surface area (Å²) in [7, 11) is 0. The van der Waals surface area contributed by atoms with E-state index in [1.807, 2.05) is 24.3 Å². The van der Waals surface area contributed by atoms with E-state index in [4.69, 9.17) is 5.73 Å². The summed E-state index contributed by atoms with van der Waals surface area (Å²) >= 11 is 3.36. The molecule has 0 spiro atoms. The molecule has 1 saturated carbocycles. The van der Waals surface area contributed by atoms with Gasteiger partial charge in [0.05, 0.1) is 5.60 Å². The van der Waals surface area contributed by atoms with Crippen LogP contribution in [0.5, 0.6) is 0 Å². The molecule has 0 saturated heterocycles. The average molecular weight is 242 g/mol. The van der Waals surface area contributed by atoms with Crippen molar-refractivity contribution in [2.45, 2.75) is 24.5 Å². The van der Waals surface area contributed by atoms with E-state index in [1.165, 1.54) is 0 Å². The lowest BCUT2D eigenvalue weighted by Crippen LogP contribution is -2.49. The van der Waals surface area contributed by atoms with Crippen molar-refractivity contribution in [3.63, 3.8) is 0 Å². The maximum atomic E-state index is 10.0. The van der Waals surface area contributed by atoms with E-state index in [0.717, 1.165) is 10.0 Å². The molecule has 0 aliphatic heterocycles. The Bertz CT molecular complexity index is 303. The van der Waals surface area contributed by atoms with Crippen LogP contribution in [-0.2, 0) is 5.60 Å². The fraction of sp³-hybridized carbons (Fsp3) is 0.400. The minimum absolute atomic E-state index is 0.161. The average Bonchev–Trinajstić information content (AvgIpc) is 2.03. The van der Waals surface area contributed by atoms with Gasteiger partial charge in [0.25, 0.3) is 0 Å². The summed E-state index contributed by atoms with van der Waals surface area (Å²) in [5.74, 6) is 0. The zero-order valence-corrected chi connectivity index (χ0v) is 8.79. The summed E-state index contributed by atoms with van der Waals surface area (Å²) in [6.45, 7) is 0. The summed E-state index contributed by atoms with van der Waals surface area (Å²) in [5, 5.41) is 10.0. The SMILES string of the molecule is N[C@H]1C[C@@](O)(c2ccc(Br)cc2)C1. The third-order valence-corrected chi connectivity index (χ3v) is 3.11. The summed E-state index contributed by atoms with van der Waals surface area (Å²) in [5.41, 5.74) is 5.96. The fourth-order valence-corrected chi connectivity index (χ4v) is 2.07. The highest BCUT2D eigenvalue weighted by Gasteiger charge is 2.41. The number of aliphatic hydroxyl groups is 1. The summed E-state index contributed by atoms with van der Waals surface area (Å²) in [6, 6.07) is 7.92. The maximum Gasteiger partial charge on any atom is 0.0926 e. The smallest absolute Gasteiger partial charge is 0.0926 e. The first-order valence-electron chi connectivity index (χ1n) is 4.34. The summed E-state index contributed by atoms with van der Waals surface area (Å²) < 4.78 is 1.03. The first kappa shape index (κ1) is 9.19. The number of hydrogen-bond acceptors (Lipinski definition) is 2. The molecule has 0 amide bonds. The van der Waals surface area contributed by atoms with E-state index >= 15 is 0 Å². The van der Waals surface area contributed by atoms with Crippen LogP contribution in [0.15, 0.2) is 28.7 Å². The van der Waals surface area contributed by atoms with Gasteiger partial charge < -0.3 is 10.8 Å². The Kier molecular flexibility index (Phi) is 2.18. The topological polar surface area (TPSA) is 46.2 Å². The van der Waals surface area contributed by atoms with Crippen molar-refractivity contribution >= 4 is 15.9 Å². The van der Waals surface area contributed by atoms with Gasteiger partial charge in [-0.2, -0.15) is 0 Å². The van der Waals surface area contributed by atoms with Gasteiger partial charge in [0.1, 0.15) is 0 Å². The van der Waals surface area contributed by atoms with Gasteiger partial charge in [0, 0.05) is 10.5 Å². The number of hydrogen-bond donors (Lipinski definition) is 2. The molecule has 3 N–H and O–H groups in total.